The first-order valence-electron chi connectivity index (χ1n) is 4.77. The molecule has 0 spiro atoms. The summed E-state index contributed by atoms with van der Waals surface area (Å²) in [6.45, 7) is 2.53. The molecule has 1 aliphatic carbocycles. The molecule has 0 radical (unpaired) electrons. The molecule has 2 rings (SSSR count). The summed E-state index contributed by atoms with van der Waals surface area (Å²) in [7, 11) is 0. The Bertz CT molecular complexity index is 117. The molecular weight excluding hydrogens is 154 g/mol. The summed E-state index contributed by atoms with van der Waals surface area (Å²) in [4.78, 5) is 0. The molecule has 1 aliphatic heterocycles. The average molecular weight is 171 g/mol. The van der Waals surface area contributed by atoms with E-state index in [0.717, 1.165) is 11.2 Å². The van der Waals surface area contributed by atoms with E-state index in [1.165, 1.54) is 44.5 Å². The van der Waals surface area contributed by atoms with E-state index >= 15 is 0 Å². The van der Waals surface area contributed by atoms with E-state index in [-0.39, 0.29) is 0 Å². The first kappa shape index (κ1) is 7.93. The third-order valence-electron chi connectivity index (χ3n) is 2.49. The topological polar surface area (TPSA) is 12.0 Å². The molecule has 1 saturated carbocycles. The SMILES string of the molecule is C1CNCC(CSC2CC2)C1. The van der Waals surface area contributed by atoms with Crippen LogP contribution in [0.25, 0.3) is 0 Å². The van der Waals surface area contributed by atoms with E-state index in [2.05, 4.69) is 17.1 Å². The maximum atomic E-state index is 3.47. The van der Waals surface area contributed by atoms with Crippen LogP contribution in [0, 0.1) is 5.92 Å². The fourth-order valence-electron chi connectivity index (χ4n) is 1.57. The second-order valence-electron chi connectivity index (χ2n) is 3.75. The van der Waals surface area contributed by atoms with Crippen LogP contribution in [0.4, 0.5) is 0 Å². The predicted octanol–water partition coefficient (Wildman–Crippen LogP) is 1.88. The lowest BCUT2D eigenvalue weighted by Crippen LogP contribution is -2.31. The molecule has 1 saturated heterocycles. The van der Waals surface area contributed by atoms with Crippen molar-refractivity contribution in [1.82, 2.24) is 5.32 Å². The molecule has 11 heavy (non-hydrogen) atoms. The Morgan fingerprint density at radius 1 is 1.27 bits per heavy atom. The van der Waals surface area contributed by atoms with Crippen molar-refractivity contribution in [3.05, 3.63) is 0 Å². The Labute approximate surface area is 73.3 Å². The summed E-state index contributed by atoms with van der Waals surface area (Å²) < 4.78 is 0. The summed E-state index contributed by atoms with van der Waals surface area (Å²) in [5.41, 5.74) is 0. The van der Waals surface area contributed by atoms with Crippen LogP contribution < -0.4 is 5.32 Å². The van der Waals surface area contributed by atoms with Crippen molar-refractivity contribution in [1.29, 1.82) is 0 Å². The molecule has 64 valence electrons. The Hall–Kier alpha value is 0.310. The van der Waals surface area contributed by atoms with Gasteiger partial charge in [0.15, 0.2) is 0 Å². The van der Waals surface area contributed by atoms with Crippen LogP contribution in [0.5, 0.6) is 0 Å². The second kappa shape index (κ2) is 3.81. The summed E-state index contributed by atoms with van der Waals surface area (Å²) in [6.07, 6.45) is 5.85. The van der Waals surface area contributed by atoms with Crippen LogP contribution in [0.15, 0.2) is 0 Å². The maximum absolute atomic E-state index is 3.47. The minimum Gasteiger partial charge on any atom is -0.316 e. The Balaban J connectivity index is 1.59. The fraction of sp³-hybridized carbons (Fsp3) is 1.00. The van der Waals surface area contributed by atoms with Gasteiger partial charge in [-0.1, -0.05) is 0 Å². The number of thioether (sulfide) groups is 1. The molecule has 0 amide bonds. The largest absolute Gasteiger partial charge is 0.316 e. The summed E-state index contributed by atoms with van der Waals surface area (Å²) >= 11 is 2.21. The molecule has 1 atom stereocenters. The van der Waals surface area contributed by atoms with Crippen molar-refractivity contribution in [2.75, 3.05) is 18.8 Å². The quantitative estimate of drug-likeness (QED) is 0.696. The third-order valence-corrected chi connectivity index (χ3v) is 4.10. The summed E-state index contributed by atoms with van der Waals surface area (Å²) in [6, 6.07) is 0. The lowest BCUT2D eigenvalue weighted by molar-refractivity contribution is 0.410. The van der Waals surface area contributed by atoms with E-state index in [4.69, 9.17) is 0 Å². The zero-order valence-corrected chi connectivity index (χ0v) is 7.83. The van der Waals surface area contributed by atoms with Crippen molar-refractivity contribution < 1.29 is 0 Å². The van der Waals surface area contributed by atoms with Crippen LogP contribution in [0.1, 0.15) is 25.7 Å². The van der Waals surface area contributed by atoms with Crippen molar-refractivity contribution in [3.8, 4) is 0 Å². The predicted molar refractivity (Wildman–Crippen MR) is 51.1 cm³/mol. The highest BCUT2D eigenvalue weighted by Crippen LogP contribution is 2.35. The van der Waals surface area contributed by atoms with Gasteiger partial charge >= 0.3 is 0 Å². The van der Waals surface area contributed by atoms with E-state index in [1.807, 2.05) is 0 Å². The monoisotopic (exact) mass is 171 g/mol. The minimum absolute atomic E-state index is 0.981. The zero-order valence-electron chi connectivity index (χ0n) is 7.01. The van der Waals surface area contributed by atoms with Crippen LogP contribution in [-0.2, 0) is 0 Å². The molecule has 0 aromatic rings. The zero-order chi connectivity index (χ0) is 7.52. The van der Waals surface area contributed by atoms with Crippen molar-refractivity contribution in [2.24, 2.45) is 5.92 Å². The molecule has 0 aromatic carbocycles. The summed E-state index contributed by atoms with van der Waals surface area (Å²) in [5, 5.41) is 4.52. The van der Waals surface area contributed by atoms with Crippen LogP contribution >= 0.6 is 11.8 Å². The molecule has 1 N–H and O–H groups in total. The number of rotatable bonds is 3. The van der Waals surface area contributed by atoms with Gasteiger partial charge in [0.25, 0.3) is 0 Å². The van der Waals surface area contributed by atoms with Crippen LogP contribution in [0.2, 0.25) is 0 Å². The number of nitrogens with one attached hydrogen (secondary N) is 1. The fourth-order valence-corrected chi connectivity index (χ4v) is 2.87. The van der Waals surface area contributed by atoms with Crippen LogP contribution in [0.3, 0.4) is 0 Å². The van der Waals surface area contributed by atoms with Gasteiger partial charge in [-0.25, -0.2) is 0 Å². The molecule has 0 aromatic heterocycles. The standard InChI is InChI=1S/C9H17NS/c1-2-8(6-10-5-1)7-11-9-3-4-9/h8-10H,1-7H2. The van der Waals surface area contributed by atoms with E-state index in [9.17, 15) is 0 Å². The Morgan fingerprint density at radius 2 is 2.18 bits per heavy atom. The molecule has 2 heteroatoms. The van der Waals surface area contributed by atoms with E-state index in [0.29, 0.717) is 0 Å². The molecule has 2 fully saturated rings. The lowest BCUT2D eigenvalue weighted by Gasteiger charge is -2.22. The lowest BCUT2D eigenvalue weighted by atomic mass is 10.0. The minimum atomic E-state index is 0.981. The third kappa shape index (κ3) is 2.68. The average Bonchev–Trinajstić information content (AvgIpc) is 2.86. The van der Waals surface area contributed by atoms with Gasteiger partial charge in [-0.3, -0.25) is 0 Å². The first-order valence-corrected chi connectivity index (χ1v) is 5.82. The second-order valence-corrected chi connectivity index (χ2v) is 5.08. The maximum Gasteiger partial charge on any atom is 0.00479 e. The van der Waals surface area contributed by atoms with Gasteiger partial charge in [-0.2, -0.15) is 11.8 Å². The van der Waals surface area contributed by atoms with Gasteiger partial charge in [-0.05, 0) is 50.4 Å². The van der Waals surface area contributed by atoms with Crippen molar-refractivity contribution in [3.63, 3.8) is 0 Å². The van der Waals surface area contributed by atoms with Gasteiger partial charge in [0.2, 0.25) is 0 Å². The summed E-state index contributed by atoms with van der Waals surface area (Å²) in [5.74, 6) is 2.40. The smallest absolute Gasteiger partial charge is 0.00479 e. The van der Waals surface area contributed by atoms with Gasteiger partial charge < -0.3 is 5.32 Å². The number of hydrogen-bond acceptors (Lipinski definition) is 2. The Kier molecular flexibility index (Phi) is 2.75. The molecule has 2 aliphatic rings. The first-order chi connectivity index (χ1) is 5.45. The highest BCUT2D eigenvalue weighted by Gasteiger charge is 2.23. The number of hydrogen-bond donors (Lipinski definition) is 1. The van der Waals surface area contributed by atoms with Crippen molar-refractivity contribution in [2.45, 2.75) is 30.9 Å². The van der Waals surface area contributed by atoms with E-state index in [1.54, 1.807) is 0 Å². The van der Waals surface area contributed by atoms with Crippen LogP contribution in [-0.4, -0.2) is 24.1 Å². The molecular formula is C9H17NS. The van der Waals surface area contributed by atoms with Crippen molar-refractivity contribution >= 4 is 11.8 Å². The van der Waals surface area contributed by atoms with Gasteiger partial charge in [-0.15, -0.1) is 0 Å². The highest BCUT2D eigenvalue weighted by molar-refractivity contribution is 8.00. The van der Waals surface area contributed by atoms with E-state index < -0.39 is 0 Å². The normalized spacial score (nSPS) is 32.2. The van der Waals surface area contributed by atoms with Gasteiger partial charge in [0.05, 0.1) is 0 Å². The molecule has 1 nitrogen and oxygen atoms in total. The van der Waals surface area contributed by atoms with Gasteiger partial charge in [0, 0.05) is 5.25 Å². The molecule has 1 unspecified atom stereocenters. The number of piperidine rings is 1. The molecule has 0 bridgehead atoms. The highest BCUT2D eigenvalue weighted by atomic mass is 32.2. The Morgan fingerprint density at radius 3 is 2.82 bits per heavy atom. The molecule has 1 heterocycles. The van der Waals surface area contributed by atoms with Gasteiger partial charge in [0.1, 0.15) is 0 Å².